The molecule has 1 unspecified atom stereocenters. The fraction of sp³-hybridized carbons (Fsp3) is 0.381. The first-order valence-electron chi connectivity index (χ1n) is 9.75. The Balaban J connectivity index is 1.61. The average Bonchev–Trinajstić information content (AvgIpc) is 3.00. The van der Waals surface area contributed by atoms with Crippen molar-refractivity contribution in [3.63, 3.8) is 0 Å². The number of phenols is 1. The Labute approximate surface area is 169 Å². The number of nitrogens with zero attached hydrogens (tertiary/aromatic N) is 2. The molecule has 1 aliphatic rings. The van der Waals surface area contributed by atoms with Gasteiger partial charge in [-0.2, -0.15) is 4.31 Å². The van der Waals surface area contributed by atoms with Crippen molar-refractivity contribution in [2.24, 2.45) is 7.05 Å². The van der Waals surface area contributed by atoms with Crippen LogP contribution in [-0.2, 0) is 23.5 Å². The highest BCUT2D eigenvalue weighted by molar-refractivity contribution is 7.89. The second kappa shape index (κ2) is 7.68. The highest BCUT2D eigenvalue weighted by atomic mass is 32.2. The van der Waals surface area contributed by atoms with Gasteiger partial charge in [0.1, 0.15) is 5.75 Å². The lowest BCUT2D eigenvalue weighted by Gasteiger charge is -2.34. The molecule has 29 heavy (non-hydrogen) atoms. The zero-order chi connectivity index (χ0) is 20.6. The van der Waals surface area contributed by atoms with Gasteiger partial charge in [-0.1, -0.05) is 18.6 Å². The zero-order valence-electron chi connectivity index (χ0n) is 16.2. The molecule has 2 heterocycles. The number of hydrogen-bond donors (Lipinski definition) is 1. The van der Waals surface area contributed by atoms with Crippen molar-refractivity contribution in [1.82, 2.24) is 8.87 Å². The quantitative estimate of drug-likeness (QED) is 0.690. The molecule has 1 N–H and O–H groups in total. The number of piperidine rings is 1. The summed E-state index contributed by atoms with van der Waals surface area (Å²) in [6.07, 6.45) is 4.01. The molecule has 1 aliphatic heterocycles. The van der Waals surface area contributed by atoms with Gasteiger partial charge in [-0.05, 0) is 61.6 Å². The lowest BCUT2D eigenvalue weighted by Crippen LogP contribution is -2.43. The van der Waals surface area contributed by atoms with Gasteiger partial charge in [0.25, 0.3) is 0 Å². The second-order valence-corrected chi connectivity index (χ2v) is 9.42. The van der Waals surface area contributed by atoms with Crippen molar-refractivity contribution in [3.8, 4) is 5.75 Å². The van der Waals surface area contributed by atoms with Gasteiger partial charge in [0.15, 0.2) is 5.58 Å². The van der Waals surface area contributed by atoms with Gasteiger partial charge in [-0.25, -0.2) is 13.2 Å². The molecule has 1 atom stereocenters. The third-order valence-electron chi connectivity index (χ3n) is 5.62. The Kier molecular flexibility index (Phi) is 5.23. The highest BCUT2D eigenvalue weighted by Gasteiger charge is 2.33. The van der Waals surface area contributed by atoms with Crippen LogP contribution in [0.4, 0.5) is 0 Å². The summed E-state index contributed by atoms with van der Waals surface area (Å²) in [5, 5.41) is 9.65. The molecule has 1 fully saturated rings. The van der Waals surface area contributed by atoms with Crippen molar-refractivity contribution in [3.05, 3.63) is 58.6 Å². The van der Waals surface area contributed by atoms with Crippen LogP contribution in [0.25, 0.3) is 11.1 Å². The summed E-state index contributed by atoms with van der Waals surface area (Å²) in [6, 6.07) is 11.5. The van der Waals surface area contributed by atoms with Gasteiger partial charge in [-0.15, -0.1) is 0 Å². The van der Waals surface area contributed by atoms with E-state index in [0.717, 1.165) is 24.8 Å². The number of fused-ring (bicyclic) bond motifs is 1. The van der Waals surface area contributed by atoms with Crippen molar-refractivity contribution in [2.75, 3.05) is 6.54 Å². The number of hydrogen-bond acceptors (Lipinski definition) is 5. The molecule has 0 saturated carbocycles. The molecule has 0 aliphatic carbocycles. The van der Waals surface area contributed by atoms with Gasteiger partial charge < -0.3 is 9.52 Å². The first kappa shape index (κ1) is 19.7. The maximum Gasteiger partial charge on any atom is 0.419 e. The van der Waals surface area contributed by atoms with Gasteiger partial charge in [0.05, 0.1) is 10.4 Å². The van der Waals surface area contributed by atoms with E-state index in [9.17, 15) is 18.3 Å². The van der Waals surface area contributed by atoms with Crippen molar-refractivity contribution < 1.29 is 17.9 Å². The average molecular weight is 416 g/mol. The molecular weight excluding hydrogens is 392 g/mol. The Morgan fingerprint density at radius 1 is 1.17 bits per heavy atom. The molecule has 0 spiro atoms. The van der Waals surface area contributed by atoms with Crippen molar-refractivity contribution >= 4 is 21.1 Å². The lowest BCUT2D eigenvalue weighted by atomic mass is 9.98. The summed E-state index contributed by atoms with van der Waals surface area (Å²) in [7, 11) is -2.14. The number of benzene rings is 2. The van der Waals surface area contributed by atoms with Crippen molar-refractivity contribution in [1.29, 1.82) is 0 Å². The van der Waals surface area contributed by atoms with Crippen LogP contribution in [0, 0.1) is 0 Å². The molecule has 1 saturated heterocycles. The van der Waals surface area contributed by atoms with E-state index in [1.807, 2.05) is 6.07 Å². The Hall–Kier alpha value is -2.58. The Morgan fingerprint density at radius 2 is 2.00 bits per heavy atom. The van der Waals surface area contributed by atoms with Gasteiger partial charge in [0.2, 0.25) is 10.0 Å². The van der Waals surface area contributed by atoms with Crippen LogP contribution < -0.4 is 5.76 Å². The summed E-state index contributed by atoms with van der Waals surface area (Å²) in [6.45, 7) is 0.482. The first-order chi connectivity index (χ1) is 13.9. The van der Waals surface area contributed by atoms with E-state index in [1.165, 1.54) is 22.8 Å². The van der Waals surface area contributed by atoms with Crippen LogP contribution in [0.2, 0.25) is 0 Å². The van der Waals surface area contributed by atoms with Gasteiger partial charge in [0, 0.05) is 19.6 Å². The number of aromatic hydroxyl groups is 1. The summed E-state index contributed by atoms with van der Waals surface area (Å²) in [5.74, 6) is -0.300. The maximum atomic E-state index is 13.4. The van der Waals surface area contributed by atoms with E-state index in [-0.39, 0.29) is 16.7 Å². The van der Waals surface area contributed by atoms with E-state index >= 15 is 0 Å². The molecular formula is C21H24N2O5S. The number of rotatable bonds is 5. The predicted octanol–water partition coefficient (Wildman–Crippen LogP) is 3.01. The summed E-state index contributed by atoms with van der Waals surface area (Å²) in [4.78, 5) is 11.9. The minimum absolute atomic E-state index is 0.0973. The van der Waals surface area contributed by atoms with Crippen LogP contribution in [0.1, 0.15) is 31.2 Å². The molecule has 8 heteroatoms. The summed E-state index contributed by atoms with van der Waals surface area (Å²) < 4.78 is 34.8. The number of phenolic OH excluding ortho intramolecular Hbond substituents is 1. The van der Waals surface area contributed by atoms with Crippen LogP contribution in [0.15, 0.2) is 56.6 Å². The zero-order valence-corrected chi connectivity index (χ0v) is 17.1. The first-order valence-corrected chi connectivity index (χ1v) is 11.2. The largest absolute Gasteiger partial charge is 0.508 e. The SMILES string of the molecule is Cn1c(=O)oc2ccc(S(=O)(=O)N3CCCCC3CCc3cccc(O)c3)cc21. The number of aromatic nitrogens is 1. The minimum atomic E-state index is -3.70. The van der Waals surface area contributed by atoms with Crippen LogP contribution in [0.5, 0.6) is 5.75 Å². The van der Waals surface area contributed by atoms with E-state index in [1.54, 1.807) is 29.6 Å². The molecule has 0 radical (unpaired) electrons. The lowest BCUT2D eigenvalue weighted by molar-refractivity contribution is 0.241. The second-order valence-electron chi connectivity index (χ2n) is 7.53. The normalized spacial score (nSPS) is 18.3. The predicted molar refractivity (Wildman–Crippen MR) is 109 cm³/mol. The Bertz CT molecular complexity index is 1200. The van der Waals surface area contributed by atoms with E-state index in [4.69, 9.17) is 4.42 Å². The number of sulfonamides is 1. The minimum Gasteiger partial charge on any atom is -0.508 e. The van der Waals surface area contributed by atoms with Crippen molar-refractivity contribution in [2.45, 2.75) is 43.0 Å². The van der Waals surface area contributed by atoms with Crippen LogP contribution in [-0.4, -0.2) is 35.0 Å². The van der Waals surface area contributed by atoms with E-state index in [0.29, 0.717) is 30.5 Å². The summed E-state index contributed by atoms with van der Waals surface area (Å²) >= 11 is 0. The van der Waals surface area contributed by atoms with Crippen LogP contribution in [0.3, 0.4) is 0 Å². The third kappa shape index (κ3) is 3.82. The molecule has 1 aromatic heterocycles. The smallest absolute Gasteiger partial charge is 0.419 e. The monoisotopic (exact) mass is 416 g/mol. The maximum absolute atomic E-state index is 13.4. The highest BCUT2D eigenvalue weighted by Crippen LogP contribution is 2.29. The van der Waals surface area contributed by atoms with Gasteiger partial charge >= 0.3 is 5.76 Å². The molecule has 2 aromatic carbocycles. The molecule has 0 bridgehead atoms. The fourth-order valence-electron chi connectivity index (χ4n) is 4.03. The fourth-order valence-corrected chi connectivity index (χ4v) is 5.77. The molecule has 0 amide bonds. The topological polar surface area (TPSA) is 92.8 Å². The number of aryl methyl sites for hydroxylation is 2. The van der Waals surface area contributed by atoms with E-state index < -0.39 is 15.8 Å². The van der Waals surface area contributed by atoms with Gasteiger partial charge in [-0.3, -0.25) is 4.57 Å². The molecule has 154 valence electrons. The molecule has 7 nitrogen and oxygen atoms in total. The standard InChI is InChI=1S/C21H24N2O5S/c1-22-19-14-18(10-11-20(19)28-21(22)25)29(26,27)23-12-3-2-6-16(23)9-8-15-5-4-7-17(24)13-15/h4-5,7,10-11,13-14,16,24H,2-3,6,8-9,12H2,1H3. The number of oxazole rings is 1. The third-order valence-corrected chi connectivity index (χ3v) is 7.57. The van der Waals surface area contributed by atoms with Crippen LogP contribution >= 0.6 is 0 Å². The molecule has 4 rings (SSSR count). The Morgan fingerprint density at radius 3 is 2.79 bits per heavy atom. The summed E-state index contributed by atoms with van der Waals surface area (Å²) in [5.41, 5.74) is 1.82. The van der Waals surface area contributed by atoms with E-state index in [2.05, 4.69) is 0 Å². The molecule has 3 aromatic rings.